The molecule has 1 N–H and O–H groups in total. The third-order valence-corrected chi connectivity index (χ3v) is 6.94. The number of thiophene rings is 1. The van der Waals surface area contributed by atoms with Gasteiger partial charge in [0.15, 0.2) is 11.5 Å². The van der Waals surface area contributed by atoms with Crippen molar-refractivity contribution in [1.82, 2.24) is 9.88 Å². The Morgan fingerprint density at radius 1 is 1.36 bits per heavy atom. The van der Waals surface area contributed by atoms with E-state index < -0.39 is 5.97 Å². The first-order chi connectivity index (χ1) is 13.6. The highest BCUT2D eigenvalue weighted by molar-refractivity contribution is 7.14. The highest BCUT2D eigenvalue weighted by atomic mass is 32.1. The van der Waals surface area contributed by atoms with Crippen molar-refractivity contribution in [3.05, 3.63) is 39.3 Å². The molecule has 0 bridgehead atoms. The van der Waals surface area contributed by atoms with Gasteiger partial charge in [0.05, 0.1) is 20.8 Å². The third-order valence-electron chi connectivity index (χ3n) is 5.59. The normalized spacial score (nSPS) is 18.6. The molecule has 2 aliphatic rings. The van der Waals surface area contributed by atoms with Gasteiger partial charge in [-0.05, 0) is 30.9 Å². The molecule has 2 aromatic rings. The van der Waals surface area contributed by atoms with Crippen LogP contribution in [0.2, 0.25) is 0 Å². The molecular weight excluding hydrogens is 380 g/mol. The Bertz CT molecular complexity index is 873. The summed E-state index contributed by atoms with van der Waals surface area (Å²) >= 11 is 1.37. The first kappa shape index (κ1) is 19.2. The summed E-state index contributed by atoms with van der Waals surface area (Å²) in [5.74, 6) is 0.495. The molecule has 4 heterocycles. The molecule has 150 valence electrons. The zero-order valence-electron chi connectivity index (χ0n) is 16.1. The molecule has 2 aliphatic heterocycles. The van der Waals surface area contributed by atoms with Gasteiger partial charge in [-0.15, -0.1) is 11.3 Å². The van der Waals surface area contributed by atoms with Gasteiger partial charge in [-0.3, -0.25) is 9.88 Å². The molecule has 0 atom stereocenters. The fourth-order valence-electron chi connectivity index (χ4n) is 4.15. The lowest BCUT2D eigenvalue weighted by atomic mass is 9.85. The number of rotatable bonds is 5. The minimum absolute atomic E-state index is 0.353. The number of carbonyl (C=O) groups is 1. The van der Waals surface area contributed by atoms with Crippen LogP contribution in [0, 0.1) is 0 Å². The summed E-state index contributed by atoms with van der Waals surface area (Å²) in [6.45, 7) is 3.02. The predicted molar refractivity (Wildman–Crippen MR) is 104 cm³/mol. The molecule has 8 heteroatoms. The average molecular weight is 404 g/mol. The molecule has 4 rings (SSSR count). The lowest BCUT2D eigenvalue weighted by molar-refractivity contribution is -0.0962. The number of pyridine rings is 1. The summed E-state index contributed by atoms with van der Waals surface area (Å²) in [6.07, 6.45) is 4.20. The van der Waals surface area contributed by atoms with Gasteiger partial charge in [-0.1, -0.05) is 0 Å². The van der Waals surface area contributed by atoms with Gasteiger partial charge in [0.25, 0.3) is 0 Å². The molecule has 0 unspecified atom stereocenters. The standard InChI is InChI=1S/C20H24N2O5S/c1-25-15-3-7-21-14(17(15)26-2)12-22-8-5-20(6-9-22)18-13(4-10-27-20)11-16(28-18)19(23)24/h3,7,11H,4-6,8-10,12H2,1-2H3,(H,23,24). The van der Waals surface area contributed by atoms with E-state index in [1.54, 1.807) is 26.5 Å². The van der Waals surface area contributed by atoms with E-state index in [9.17, 15) is 9.90 Å². The van der Waals surface area contributed by atoms with Crippen molar-refractivity contribution in [2.24, 2.45) is 0 Å². The van der Waals surface area contributed by atoms with Crippen molar-refractivity contribution in [1.29, 1.82) is 0 Å². The zero-order valence-corrected chi connectivity index (χ0v) is 16.9. The molecule has 1 fully saturated rings. The van der Waals surface area contributed by atoms with E-state index in [2.05, 4.69) is 9.88 Å². The number of aromatic carboxylic acids is 1. The molecule has 0 aromatic carbocycles. The summed E-state index contributed by atoms with van der Waals surface area (Å²) in [5, 5.41) is 9.35. The van der Waals surface area contributed by atoms with Crippen LogP contribution < -0.4 is 9.47 Å². The Kier molecular flexibility index (Phi) is 5.27. The minimum atomic E-state index is -0.858. The van der Waals surface area contributed by atoms with Crippen molar-refractivity contribution in [3.8, 4) is 11.5 Å². The van der Waals surface area contributed by atoms with Gasteiger partial charge >= 0.3 is 5.97 Å². The number of nitrogens with zero attached hydrogens (tertiary/aromatic N) is 2. The highest BCUT2D eigenvalue weighted by Gasteiger charge is 2.42. The second-order valence-corrected chi connectivity index (χ2v) is 8.18. The van der Waals surface area contributed by atoms with Crippen LogP contribution in [0.25, 0.3) is 0 Å². The van der Waals surface area contributed by atoms with Crippen molar-refractivity contribution in [3.63, 3.8) is 0 Å². The van der Waals surface area contributed by atoms with Crippen LogP contribution in [0.3, 0.4) is 0 Å². The monoisotopic (exact) mass is 404 g/mol. The number of hydrogen-bond acceptors (Lipinski definition) is 7. The molecule has 28 heavy (non-hydrogen) atoms. The Hall–Kier alpha value is -2.16. The van der Waals surface area contributed by atoms with Crippen LogP contribution >= 0.6 is 11.3 Å². The third kappa shape index (κ3) is 3.36. The van der Waals surface area contributed by atoms with E-state index in [1.165, 1.54) is 11.3 Å². The van der Waals surface area contributed by atoms with Crippen LogP contribution in [0.5, 0.6) is 11.5 Å². The van der Waals surface area contributed by atoms with Crippen molar-refractivity contribution < 1.29 is 24.1 Å². The van der Waals surface area contributed by atoms with Crippen molar-refractivity contribution in [2.75, 3.05) is 33.9 Å². The number of piperidine rings is 1. The van der Waals surface area contributed by atoms with E-state index in [0.29, 0.717) is 29.5 Å². The Morgan fingerprint density at radius 2 is 2.14 bits per heavy atom. The van der Waals surface area contributed by atoms with E-state index in [-0.39, 0.29) is 5.60 Å². The molecule has 2 aromatic heterocycles. The summed E-state index contributed by atoms with van der Waals surface area (Å²) < 4.78 is 17.1. The second kappa shape index (κ2) is 7.69. The smallest absolute Gasteiger partial charge is 0.345 e. The molecule has 7 nitrogen and oxygen atoms in total. The fraction of sp³-hybridized carbons (Fsp3) is 0.500. The van der Waals surface area contributed by atoms with Gasteiger partial charge in [0.2, 0.25) is 0 Å². The molecular formula is C20H24N2O5S. The fourth-order valence-corrected chi connectivity index (χ4v) is 5.40. The van der Waals surface area contributed by atoms with Crippen molar-refractivity contribution in [2.45, 2.75) is 31.4 Å². The van der Waals surface area contributed by atoms with E-state index in [1.807, 2.05) is 6.07 Å². The summed E-state index contributed by atoms with van der Waals surface area (Å²) in [4.78, 5) is 19.7. The Balaban J connectivity index is 1.50. The maximum Gasteiger partial charge on any atom is 0.345 e. The molecule has 0 amide bonds. The minimum Gasteiger partial charge on any atom is -0.493 e. The first-order valence-corrected chi connectivity index (χ1v) is 10.2. The van der Waals surface area contributed by atoms with Gasteiger partial charge < -0.3 is 19.3 Å². The van der Waals surface area contributed by atoms with E-state index >= 15 is 0 Å². The summed E-state index contributed by atoms with van der Waals surface area (Å²) in [5.41, 5.74) is 1.64. The van der Waals surface area contributed by atoms with Crippen molar-refractivity contribution >= 4 is 17.3 Å². The quantitative estimate of drug-likeness (QED) is 0.821. The number of hydrogen-bond donors (Lipinski definition) is 1. The second-order valence-electron chi connectivity index (χ2n) is 7.13. The lowest BCUT2D eigenvalue weighted by Gasteiger charge is -2.43. The topological polar surface area (TPSA) is 81.1 Å². The number of likely N-dealkylation sites (tertiary alicyclic amines) is 1. The van der Waals surface area contributed by atoms with Crippen LogP contribution in [0.4, 0.5) is 0 Å². The largest absolute Gasteiger partial charge is 0.493 e. The lowest BCUT2D eigenvalue weighted by Crippen LogP contribution is -2.45. The molecule has 0 radical (unpaired) electrons. The Labute approximate surface area is 167 Å². The van der Waals surface area contributed by atoms with Crippen LogP contribution in [-0.2, 0) is 23.3 Å². The number of carboxylic acids is 1. The maximum atomic E-state index is 11.4. The van der Waals surface area contributed by atoms with Gasteiger partial charge in [-0.25, -0.2) is 4.79 Å². The maximum absolute atomic E-state index is 11.4. The average Bonchev–Trinajstić information content (AvgIpc) is 3.16. The Morgan fingerprint density at radius 3 is 2.82 bits per heavy atom. The van der Waals surface area contributed by atoms with Gasteiger partial charge in [0.1, 0.15) is 16.2 Å². The van der Waals surface area contributed by atoms with E-state index in [4.69, 9.17) is 14.2 Å². The summed E-state index contributed by atoms with van der Waals surface area (Å²) in [6, 6.07) is 3.62. The molecule has 1 spiro atoms. The van der Waals surface area contributed by atoms with E-state index in [0.717, 1.165) is 48.5 Å². The first-order valence-electron chi connectivity index (χ1n) is 9.35. The number of methoxy groups -OCH3 is 2. The number of carboxylic acid groups (broad SMARTS) is 1. The number of aromatic nitrogens is 1. The van der Waals surface area contributed by atoms with Crippen LogP contribution in [0.1, 0.15) is 38.6 Å². The van der Waals surface area contributed by atoms with Crippen LogP contribution in [-0.4, -0.2) is 54.9 Å². The zero-order chi connectivity index (χ0) is 19.7. The summed E-state index contributed by atoms with van der Waals surface area (Å²) in [7, 11) is 3.25. The molecule has 0 aliphatic carbocycles. The SMILES string of the molecule is COc1ccnc(CN2CCC3(CC2)OCCc2cc(C(=O)O)sc23)c1OC. The van der Waals surface area contributed by atoms with Gasteiger partial charge in [-0.2, -0.15) is 0 Å². The van der Waals surface area contributed by atoms with Crippen LogP contribution in [0.15, 0.2) is 18.3 Å². The highest BCUT2D eigenvalue weighted by Crippen LogP contribution is 2.45. The van der Waals surface area contributed by atoms with Gasteiger partial charge in [0, 0.05) is 36.8 Å². The number of ether oxygens (including phenoxy) is 3. The molecule has 1 saturated heterocycles. The predicted octanol–water partition coefficient (Wildman–Crippen LogP) is 2.92. The number of fused-ring (bicyclic) bond motifs is 2. The molecule has 0 saturated carbocycles.